The van der Waals surface area contributed by atoms with E-state index in [2.05, 4.69) is 19.6 Å². The summed E-state index contributed by atoms with van der Waals surface area (Å²) in [6.07, 6.45) is 13.0. The highest BCUT2D eigenvalue weighted by Crippen LogP contribution is 2.40. The Morgan fingerprint density at radius 3 is 2.18 bits per heavy atom. The topological polar surface area (TPSA) is 35.5 Å². The number of hydrogen-bond donors (Lipinski definition) is 0. The van der Waals surface area contributed by atoms with Gasteiger partial charge in [0.05, 0.1) is 12.2 Å². The van der Waals surface area contributed by atoms with Crippen molar-refractivity contribution in [2.45, 2.75) is 77.4 Å². The lowest BCUT2D eigenvalue weighted by atomic mass is 9.70. The number of allylic oxidation sites excluding steroid dienone is 1. The van der Waals surface area contributed by atoms with Crippen LogP contribution < -0.4 is 0 Å². The molecule has 0 radical (unpaired) electrons. The fourth-order valence-electron chi connectivity index (χ4n) is 4.82. The van der Waals surface area contributed by atoms with E-state index in [4.69, 9.17) is 9.47 Å². The first-order valence-electron chi connectivity index (χ1n) is 11.2. The van der Waals surface area contributed by atoms with Crippen molar-refractivity contribution in [2.24, 2.45) is 17.8 Å². The maximum Gasteiger partial charge on any atom is 0.338 e. The third-order valence-electron chi connectivity index (χ3n) is 6.62. The quantitative estimate of drug-likeness (QED) is 0.299. The zero-order valence-corrected chi connectivity index (χ0v) is 17.4. The number of carbonyl (C=O) groups is 1. The summed E-state index contributed by atoms with van der Waals surface area (Å²) in [4.78, 5) is 12.5. The molecule has 3 rings (SSSR count). The minimum atomic E-state index is -0.184. The predicted molar refractivity (Wildman–Crippen MR) is 113 cm³/mol. The van der Waals surface area contributed by atoms with Gasteiger partial charge in [-0.2, -0.15) is 0 Å². The van der Waals surface area contributed by atoms with E-state index in [0.29, 0.717) is 12.2 Å². The number of ether oxygens (including phenoxy) is 2. The van der Waals surface area contributed by atoms with Crippen LogP contribution in [-0.4, -0.2) is 18.7 Å². The predicted octanol–water partition coefficient (Wildman–Crippen LogP) is 6.32. The van der Waals surface area contributed by atoms with Crippen LogP contribution in [0.3, 0.4) is 0 Å². The lowest BCUT2D eigenvalue weighted by molar-refractivity contribution is 0.0113. The Morgan fingerprint density at radius 2 is 1.61 bits per heavy atom. The lowest BCUT2D eigenvalue weighted by Crippen LogP contribution is -2.29. The van der Waals surface area contributed by atoms with Crippen LogP contribution in [0, 0.1) is 17.8 Å². The fourth-order valence-corrected chi connectivity index (χ4v) is 4.82. The highest BCUT2D eigenvalue weighted by Gasteiger charge is 2.31. The monoisotopic (exact) mass is 384 g/mol. The number of carbonyl (C=O) groups excluding carboxylic acids is 1. The van der Waals surface area contributed by atoms with Gasteiger partial charge in [-0.15, -0.1) is 6.58 Å². The second-order valence-electron chi connectivity index (χ2n) is 8.60. The molecule has 0 N–H and O–H groups in total. The molecule has 1 aromatic carbocycles. The van der Waals surface area contributed by atoms with Crippen LogP contribution in [-0.2, 0) is 16.1 Å². The molecule has 0 unspecified atom stereocenters. The molecule has 1 aromatic rings. The third kappa shape index (κ3) is 5.94. The van der Waals surface area contributed by atoms with Gasteiger partial charge in [-0.05, 0) is 93.2 Å². The Hall–Kier alpha value is -1.61. The molecule has 0 atom stereocenters. The smallest absolute Gasteiger partial charge is 0.338 e. The molecular formula is C25H36O3. The van der Waals surface area contributed by atoms with Gasteiger partial charge >= 0.3 is 5.97 Å². The highest BCUT2D eigenvalue weighted by molar-refractivity contribution is 5.89. The molecule has 2 fully saturated rings. The van der Waals surface area contributed by atoms with Gasteiger partial charge in [0.1, 0.15) is 6.10 Å². The Balaban J connectivity index is 1.40. The molecule has 0 heterocycles. The molecular weight excluding hydrogens is 348 g/mol. The first-order valence-corrected chi connectivity index (χ1v) is 11.2. The standard InChI is InChI=1S/C25H36O3/c1-3-17-27-18-20-7-11-23(12-8-20)25(26)28-24-15-13-22(14-16-24)21-9-5-19(4-2)6-10-21/h4,7-8,11-12,19,21-22,24H,2-3,5-6,9-10,13-18H2,1H3/t19-,21-,22-,24-. The average molecular weight is 385 g/mol. The number of rotatable bonds is 8. The number of hydrogen-bond acceptors (Lipinski definition) is 3. The molecule has 0 aliphatic heterocycles. The van der Waals surface area contributed by atoms with Crippen LogP contribution in [0.15, 0.2) is 36.9 Å². The van der Waals surface area contributed by atoms with E-state index in [-0.39, 0.29) is 12.1 Å². The van der Waals surface area contributed by atoms with Crippen molar-refractivity contribution in [3.8, 4) is 0 Å². The SMILES string of the molecule is C=C[C@H]1CC[C@H]([C@H]2CC[C@H](OC(=O)c3ccc(COCCC)cc3)CC2)CC1. The normalized spacial score (nSPS) is 27.9. The van der Waals surface area contributed by atoms with Gasteiger partial charge < -0.3 is 9.47 Å². The van der Waals surface area contributed by atoms with Crippen molar-refractivity contribution < 1.29 is 14.3 Å². The van der Waals surface area contributed by atoms with E-state index in [0.717, 1.165) is 49.2 Å². The lowest BCUT2D eigenvalue weighted by Gasteiger charge is -2.37. The molecule has 0 saturated heterocycles. The zero-order chi connectivity index (χ0) is 19.8. The van der Waals surface area contributed by atoms with Crippen molar-refractivity contribution in [3.63, 3.8) is 0 Å². The molecule has 154 valence electrons. The van der Waals surface area contributed by atoms with Gasteiger partial charge in [0.25, 0.3) is 0 Å². The summed E-state index contributed by atoms with van der Waals surface area (Å²) < 4.78 is 11.3. The second-order valence-corrected chi connectivity index (χ2v) is 8.60. The van der Waals surface area contributed by atoms with Gasteiger partial charge in [-0.3, -0.25) is 0 Å². The molecule has 2 saturated carbocycles. The van der Waals surface area contributed by atoms with Crippen molar-refractivity contribution in [1.29, 1.82) is 0 Å². The summed E-state index contributed by atoms with van der Waals surface area (Å²) in [5.41, 5.74) is 1.74. The summed E-state index contributed by atoms with van der Waals surface area (Å²) in [5, 5.41) is 0. The Morgan fingerprint density at radius 1 is 1.00 bits per heavy atom. The molecule has 2 aliphatic carbocycles. The van der Waals surface area contributed by atoms with Crippen LogP contribution in [0.2, 0.25) is 0 Å². The Kier molecular flexibility index (Phi) is 8.14. The van der Waals surface area contributed by atoms with Gasteiger partial charge in [0.15, 0.2) is 0 Å². The van der Waals surface area contributed by atoms with Gasteiger partial charge in [0, 0.05) is 6.61 Å². The highest BCUT2D eigenvalue weighted by atomic mass is 16.5. The van der Waals surface area contributed by atoms with Crippen LogP contribution in [0.4, 0.5) is 0 Å². The average Bonchev–Trinajstić information content (AvgIpc) is 2.75. The van der Waals surface area contributed by atoms with E-state index in [1.165, 1.54) is 38.5 Å². The molecule has 0 spiro atoms. The third-order valence-corrected chi connectivity index (χ3v) is 6.62. The van der Waals surface area contributed by atoms with Gasteiger partial charge in [-0.25, -0.2) is 4.79 Å². The van der Waals surface area contributed by atoms with Gasteiger partial charge in [-0.1, -0.05) is 25.1 Å². The van der Waals surface area contributed by atoms with Crippen LogP contribution in [0.5, 0.6) is 0 Å². The first-order chi connectivity index (χ1) is 13.7. The molecule has 2 aliphatic rings. The minimum absolute atomic E-state index is 0.0841. The van der Waals surface area contributed by atoms with Crippen molar-refractivity contribution in [3.05, 3.63) is 48.0 Å². The summed E-state index contributed by atoms with van der Waals surface area (Å²) in [7, 11) is 0. The summed E-state index contributed by atoms with van der Waals surface area (Å²) in [6, 6.07) is 7.64. The van der Waals surface area contributed by atoms with E-state index in [9.17, 15) is 4.79 Å². The molecule has 3 nitrogen and oxygen atoms in total. The maximum atomic E-state index is 12.5. The van der Waals surface area contributed by atoms with E-state index >= 15 is 0 Å². The van der Waals surface area contributed by atoms with Crippen molar-refractivity contribution in [1.82, 2.24) is 0 Å². The molecule has 0 aromatic heterocycles. The van der Waals surface area contributed by atoms with Crippen LogP contribution >= 0.6 is 0 Å². The van der Waals surface area contributed by atoms with E-state index < -0.39 is 0 Å². The first kappa shape index (κ1) is 21.1. The largest absolute Gasteiger partial charge is 0.459 e. The van der Waals surface area contributed by atoms with Crippen molar-refractivity contribution in [2.75, 3.05) is 6.61 Å². The van der Waals surface area contributed by atoms with E-state index in [1.807, 2.05) is 24.3 Å². The summed E-state index contributed by atoms with van der Waals surface area (Å²) in [6.45, 7) is 7.41. The summed E-state index contributed by atoms with van der Waals surface area (Å²) in [5.74, 6) is 2.24. The fraction of sp³-hybridized carbons (Fsp3) is 0.640. The number of benzene rings is 1. The maximum absolute atomic E-state index is 12.5. The second kappa shape index (κ2) is 10.8. The van der Waals surface area contributed by atoms with Crippen LogP contribution in [0.25, 0.3) is 0 Å². The van der Waals surface area contributed by atoms with Crippen molar-refractivity contribution >= 4 is 5.97 Å². The summed E-state index contributed by atoms with van der Waals surface area (Å²) >= 11 is 0. The zero-order valence-electron chi connectivity index (χ0n) is 17.4. The minimum Gasteiger partial charge on any atom is -0.459 e. The van der Waals surface area contributed by atoms with E-state index in [1.54, 1.807) is 0 Å². The molecule has 28 heavy (non-hydrogen) atoms. The molecule has 0 bridgehead atoms. The Labute approximate surface area is 170 Å². The van der Waals surface area contributed by atoms with Crippen LogP contribution in [0.1, 0.15) is 80.6 Å². The molecule has 3 heteroatoms. The van der Waals surface area contributed by atoms with Gasteiger partial charge in [0.2, 0.25) is 0 Å². The number of esters is 1. The molecule has 0 amide bonds. The Bertz CT molecular complexity index is 605.